The van der Waals surface area contributed by atoms with Gasteiger partial charge in [0.2, 0.25) is 11.2 Å². The molecule has 0 aliphatic heterocycles. The summed E-state index contributed by atoms with van der Waals surface area (Å²) in [5.74, 6) is 0.663. The number of hydrogen-bond donors (Lipinski definition) is 1. The Hall–Kier alpha value is -2.47. The van der Waals surface area contributed by atoms with E-state index in [1.807, 2.05) is 0 Å². The molecule has 6 heteroatoms. The third-order valence-electron chi connectivity index (χ3n) is 3.19. The van der Waals surface area contributed by atoms with Crippen molar-refractivity contribution in [1.82, 2.24) is 0 Å². The van der Waals surface area contributed by atoms with E-state index >= 15 is 0 Å². The van der Waals surface area contributed by atoms with Crippen molar-refractivity contribution in [3.63, 3.8) is 0 Å². The highest BCUT2D eigenvalue weighted by Crippen LogP contribution is 2.41. The average molecular weight is 276 g/mol. The van der Waals surface area contributed by atoms with Gasteiger partial charge in [-0.3, -0.25) is 4.79 Å². The summed E-state index contributed by atoms with van der Waals surface area (Å²) in [6.45, 7) is -0.410. The summed E-state index contributed by atoms with van der Waals surface area (Å²) in [4.78, 5) is 12.4. The minimum atomic E-state index is -0.410. The van der Waals surface area contributed by atoms with E-state index in [0.717, 1.165) is 0 Å². The highest BCUT2D eigenvalue weighted by atomic mass is 16.5. The Kier molecular flexibility index (Phi) is 2.87. The zero-order valence-electron chi connectivity index (χ0n) is 10.9. The molecule has 1 aromatic carbocycles. The molecule has 0 saturated carbocycles. The Labute approximate surface area is 113 Å². The van der Waals surface area contributed by atoms with E-state index in [-0.39, 0.29) is 22.0 Å². The molecule has 104 valence electrons. The van der Waals surface area contributed by atoms with Crippen molar-refractivity contribution in [2.75, 3.05) is 14.2 Å². The molecule has 0 fully saturated rings. The number of hydrogen-bond acceptors (Lipinski definition) is 6. The van der Waals surface area contributed by atoms with Gasteiger partial charge in [0, 0.05) is 0 Å². The largest absolute Gasteiger partial charge is 0.495 e. The standard InChI is InChI=1S/C14H12O6/c1-17-11-8-3-4-19-12(8)14(18-2)13-9(11)10(16)7(5-15)6-20-13/h3-4,6,15H,5H2,1-2H3. The molecule has 1 N–H and O–H groups in total. The van der Waals surface area contributed by atoms with E-state index in [1.165, 1.54) is 26.7 Å². The molecule has 3 aromatic rings. The molecule has 0 unspecified atom stereocenters. The Balaban J connectivity index is 2.63. The van der Waals surface area contributed by atoms with Crippen molar-refractivity contribution in [3.8, 4) is 11.5 Å². The van der Waals surface area contributed by atoms with Crippen LogP contribution in [0.1, 0.15) is 5.56 Å². The molecule has 2 aromatic heterocycles. The van der Waals surface area contributed by atoms with E-state index in [1.54, 1.807) is 6.07 Å². The first-order valence-electron chi connectivity index (χ1n) is 5.89. The lowest BCUT2D eigenvalue weighted by Crippen LogP contribution is -2.10. The fourth-order valence-electron chi connectivity index (χ4n) is 2.29. The predicted octanol–water partition coefficient (Wildman–Crippen LogP) is 2.05. The number of ether oxygens (including phenoxy) is 2. The molecule has 0 spiro atoms. The van der Waals surface area contributed by atoms with Gasteiger partial charge in [-0.05, 0) is 6.07 Å². The fourth-order valence-corrected chi connectivity index (χ4v) is 2.29. The van der Waals surface area contributed by atoms with Crippen molar-refractivity contribution < 1.29 is 23.4 Å². The quantitative estimate of drug-likeness (QED) is 0.788. The Morgan fingerprint density at radius 3 is 2.55 bits per heavy atom. The van der Waals surface area contributed by atoms with Crippen LogP contribution in [0, 0.1) is 0 Å². The minimum Gasteiger partial charge on any atom is -0.495 e. The number of benzene rings is 1. The SMILES string of the molecule is COc1c2occc2c(OC)c2c(=O)c(CO)coc12. The molecule has 3 rings (SSSR count). The van der Waals surface area contributed by atoms with E-state index in [0.29, 0.717) is 22.5 Å². The van der Waals surface area contributed by atoms with Gasteiger partial charge in [0.05, 0.1) is 38.0 Å². The van der Waals surface area contributed by atoms with Crippen molar-refractivity contribution in [1.29, 1.82) is 0 Å². The van der Waals surface area contributed by atoms with Crippen LogP contribution in [0.25, 0.3) is 21.9 Å². The molecule has 0 aliphatic carbocycles. The molecule has 0 aliphatic rings. The maximum atomic E-state index is 12.4. The van der Waals surface area contributed by atoms with Gasteiger partial charge in [0.1, 0.15) is 17.4 Å². The van der Waals surface area contributed by atoms with E-state index < -0.39 is 6.61 Å². The van der Waals surface area contributed by atoms with E-state index in [2.05, 4.69) is 0 Å². The Bertz CT molecular complexity index is 842. The molecule has 0 saturated heterocycles. The summed E-state index contributed by atoms with van der Waals surface area (Å²) in [5, 5.41) is 10.0. The molecule has 2 heterocycles. The summed E-state index contributed by atoms with van der Waals surface area (Å²) in [6.07, 6.45) is 2.69. The lowest BCUT2D eigenvalue weighted by molar-refractivity contribution is 0.277. The molecule has 0 amide bonds. The van der Waals surface area contributed by atoms with Crippen LogP contribution >= 0.6 is 0 Å². The number of methoxy groups -OCH3 is 2. The molecule has 0 atom stereocenters. The smallest absolute Gasteiger partial charge is 0.206 e. The van der Waals surface area contributed by atoms with Crippen LogP contribution in [0.15, 0.2) is 32.2 Å². The molecule has 20 heavy (non-hydrogen) atoms. The number of fused-ring (bicyclic) bond motifs is 2. The van der Waals surface area contributed by atoms with Gasteiger partial charge < -0.3 is 23.4 Å². The second-order valence-corrected chi connectivity index (χ2v) is 4.18. The Morgan fingerprint density at radius 1 is 1.15 bits per heavy atom. The highest BCUT2D eigenvalue weighted by molar-refractivity contribution is 6.06. The number of furan rings is 1. The molecule has 0 radical (unpaired) electrons. The predicted molar refractivity (Wildman–Crippen MR) is 71.3 cm³/mol. The van der Waals surface area contributed by atoms with Crippen LogP contribution in [-0.2, 0) is 6.61 Å². The van der Waals surface area contributed by atoms with Gasteiger partial charge in [-0.25, -0.2) is 0 Å². The van der Waals surface area contributed by atoms with Crippen molar-refractivity contribution in [2.24, 2.45) is 0 Å². The van der Waals surface area contributed by atoms with Gasteiger partial charge in [0.25, 0.3) is 0 Å². The monoisotopic (exact) mass is 276 g/mol. The number of rotatable bonds is 3. The van der Waals surface area contributed by atoms with Crippen LogP contribution in [0.2, 0.25) is 0 Å². The lowest BCUT2D eigenvalue weighted by atomic mass is 10.1. The normalized spacial score (nSPS) is 11.2. The number of aliphatic hydroxyl groups excluding tert-OH is 1. The van der Waals surface area contributed by atoms with Gasteiger partial charge >= 0.3 is 0 Å². The summed E-state index contributed by atoms with van der Waals surface area (Å²) in [7, 11) is 2.92. The maximum absolute atomic E-state index is 12.4. The van der Waals surface area contributed by atoms with Crippen LogP contribution < -0.4 is 14.9 Å². The van der Waals surface area contributed by atoms with E-state index in [9.17, 15) is 9.90 Å². The second-order valence-electron chi connectivity index (χ2n) is 4.18. The molecular weight excluding hydrogens is 264 g/mol. The summed E-state index contributed by atoms with van der Waals surface area (Å²) < 4.78 is 21.4. The highest BCUT2D eigenvalue weighted by Gasteiger charge is 2.22. The maximum Gasteiger partial charge on any atom is 0.206 e. The van der Waals surface area contributed by atoms with Crippen molar-refractivity contribution in [2.45, 2.75) is 6.61 Å². The first kappa shape index (κ1) is 12.6. The molecule has 6 nitrogen and oxygen atoms in total. The van der Waals surface area contributed by atoms with Gasteiger partial charge in [0.15, 0.2) is 11.2 Å². The van der Waals surface area contributed by atoms with Crippen LogP contribution in [0.4, 0.5) is 0 Å². The molecule has 0 bridgehead atoms. The average Bonchev–Trinajstić information content (AvgIpc) is 2.94. The second kappa shape index (κ2) is 4.57. The summed E-state index contributed by atoms with van der Waals surface area (Å²) in [5.41, 5.74) is 0.471. The topological polar surface area (TPSA) is 82.0 Å². The third-order valence-corrected chi connectivity index (χ3v) is 3.19. The first-order valence-corrected chi connectivity index (χ1v) is 5.89. The van der Waals surface area contributed by atoms with Gasteiger partial charge in [-0.2, -0.15) is 0 Å². The lowest BCUT2D eigenvalue weighted by Gasteiger charge is -2.10. The summed E-state index contributed by atoms with van der Waals surface area (Å²) in [6, 6.07) is 1.68. The third kappa shape index (κ3) is 1.51. The van der Waals surface area contributed by atoms with Crippen LogP contribution in [0.5, 0.6) is 11.5 Å². The Morgan fingerprint density at radius 2 is 1.90 bits per heavy atom. The van der Waals surface area contributed by atoms with Gasteiger partial charge in [-0.1, -0.05) is 0 Å². The van der Waals surface area contributed by atoms with E-state index in [4.69, 9.17) is 18.3 Å². The van der Waals surface area contributed by atoms with Crippen molar-refractivity contribution >= 4 is 21.9 Å². The summed E-state index contributed by atoms with van der Waals surface area (Å²) >= 11 is 0. The number of aliphatic hydroxyl groups is 1. The van der Waals surface area contributed by atoms with Gasteiger partial charge in [-0.15, -0.1) is 0 Å². The van der Waals surface area contributed by atoms with Crippen LogP contribution in [-0.4, -0.2) is 19.3 Å². The zero-order chi connectivity index (χ0) is 14.3. The first-order chi connectivity index (χ1) is 9.72. The molecular formula is C14H12O6. The zero-order valence-corrected chi connectivity index (χ0v) is 10.9. The van der Waals surface area contributed by atoms with Crippen molar-refractivity contribution in [3.05, 3.63) is 34.4 Å². The van der Waals surface area contributed by atoms with Crippen LogP contribution in [0.3, 0.4) is 0 Å². The fraction of sp³-hybridized carbons (Fsp3) is 0.214. The minimum absolute atomic E-state index is 0.153.